The van der Waals surface area contributed by atoms with Gasteiger partial charge in [-0.3, -0.25) is 4.98 Å². The molecule has 1 atom stereocenters. The Morgan fingerprint density at radius 3 is 2.80 bits per heavy atom. The number of rotatable bonds is 5. The van der Waals surface area contributed by atoms with Crippen molar-refractivity contribution in [3.05, 3.63) is 36.5 Å². The molecule has 1 saturated heterocycles. The predicted molar refractivity (Wildman–Crippen MR) is 93.5 cm³/mol. The van der Waals surface area contributed by atoms with Crippen LogP contribution in [0.4, 0.5) is 11.8 Å². The SMILES string of the molecule is CN(C)S(=O)(=O)N1CCCC(c2ccnc(Nc3cnccn3)n2)C1. The highest BCUT2D eigenvalue weighted by Crippen LogP contribution is 2.28. The van der Waals surface area contributed by atoms with Crippen LogP contribution in [0.25, 0.3) is 0 Å². The summed E-state index contributed by atoms with van der Waals surface area (Å²) in [5.74, 6) is 1.01. The van der Waals surface area contributed by atoms with Gasteiger partial charge >= 0.3 is 0 Å². The highest BCUT2D eigenvalue weighted by Gasteiger charge is 2.31. The monoisotopic (exact) mass is 363 g/mol. The second kappa shape index (κ2) is 7.38. The molecule has 0 bridgehead atoms. The molecule has 0 radical (unpaired) electrons. The number of anilines is 2. The number of nitrogens with one attached hydrogen (secondary N) is 1. The van der Waals surface area contributed by atoms with E-state index in [9.17, 15) is 8.42 Å². The van der Waals surface area contributed by atoms with Crippen LogP contribution in [-0.2, 0) is 10.2 Å². The molecular formula is C15H21N7O2S. The summed E-state index contributed by atoms with van der Waals surface area (Å²) < 4.78 is 27.5. The molecule has 1 fully saturated rings. The smallest absolute Gasteiger partial charge is 0.281 e. The van der Waals surface area contributed by atoms with Crippen LogP contribution in [-0.4, -0.2) is 64.1 Å². The van der Waals surface area contributed by atoms with Gasteiger partial charge in [0.05, 0.1) is 11.9 Å². The minimum absolute atomic E-state index is 0.0360. The fourth-order valence-electron chi connectivity index (χ4n) is 2.76. The van der Waals surface area contributed by atoms with Crippen LogP contribution in [0.5, 0.6) is 0 Å². The second-order valence-electron chi connectivity index (χ2n) is 6.01. The lowest BCUT2D eigenvalue weighted by Gasteiger charge is -2.33. The van der Waals surface area contributed by atoms with Gasteiger partial charge in [0.25, 0.3) is 10.2 Å². The van der Waals surface area contributed by atoms with E-state index in [1.54, 1.807) is 38.9 Å². The van der Waals surface area contributed by atoms with Gasteiger partial charge in [-0.05, 0) is 18.9 Å². The van der Waals surface area contributed by atoms with Gasteiger partial charge in [-0.25, -0.2) is 15.0 Å². The lowest BCUT2D eigenvalue weighted by atomic mass is 9.96. The Hall–Kier alpha value is -2.17. The molecule has 1 aliphatic rings. The molecule has 9 nitrogen and oxygen atoms in total. The molecule has 1 aliphatic heterocycles. The summed E-state index contributed by atoms with van der Waals surface area (Å²) in [5, 5.41) is 3.01. The topological polar surface area (TPSA) is 104 Å². The average molecular weight is 363 g/mol. The van der Waals surface area contributed by atoms with E-state index >= 15 is 0 Å². The Bertz CT molecular complexity index is 814. The fourth-order valence-corrected chi connectivity index (χ4v) is 3.95. The van der Waals surface area contributed by atoms with Gasteiger partial charge in [-0.2, -0.15) is 17.0 Å². The van der Waals surface area contributed by atoms with Crippen molar-refractivity contribution in [2.24, 2.45) is 0 Å². The van der Waals surface area contributed by atoms with Gasteiger partial charge in [0.2, 0.25) is 5.95 Å². The maximum absolute atomic E-state index is 12.4. The van der Waals surface area contributed by atoms with Gasteiger partial charge in [-0.15, -0.1) is 0 Å². The van der Waals surface area contributed by atoms with Gasteiger partial charge < -0.3 is 5.32 Å². The molecular weight excluding hydrogens is 342 g/mol. The van der Waals surface area contributed by atoms with Crippen molar-refractivity contribution in [1.82, 2.24) is 28.5 Å². The Morgan fingerprint density at radius 2 is 2.08 bits per heavy atom. The number of hydrogen-bond acceptors (Lipinski definition) is 7. The average Bonchev–Trinajstić information content (AvgIpc) is 2.63. The molecule has 2 aromatic heterocycles. The molecule has 0 saturated carbocycles. The van der Waals surface area contributed by atoms with Crippen molar-refractivity contribution in [2.75, 3.05) is 32.5 Å². The standard InChI is InChI=1S/C15H21N7O2S/c1-21(2)25(23,24)22-9-3-4-12(11-22)13-5-6-18-15(19-13)20-14-10-16-7-8-17-14/h5-8,10,12H,3-4,9,11H2,1-2H3,(H,17,18,19,20). The zero-order valence-corrected chi connectivity index (χ0v) is 15.0. The normalized spacial score (nSPS) is 19.1. The number of hydrogen-bond donors (Lipinski definition) is 1. The van der Waals surface area contributed by atoms with Crippen LogP contribution in [0.1, 0.15) is 24.5 Å². The maximum atomic E-state index is 12.4. The molecule has 10 heteroatoms. The van der Waals surface area contributed by atoms with E-state index in [4.69, 9.17) is 0 Å². The zero-order chi connectivity index (χ0) is 17.9. The Kier molecular flexibility index (Phi) is 5.21. The minimum atomic E-state index is -3.41. The first-order valence-electron chi connectivity index (χ1n) is 8.00. The van der Waals surface area contributed by atoms with Crippen molar-refractivity contribution in [3.8, 4) is 0 Å². The summed E-state index contributed by atoms with van der Waals surface area (Å²) >= 11 is 0. The Labute approximate surface area is 147 Å². The van der Waals surface area contributed by atoms with Crippen LogP contribution in [0, 0.1) is 0 Å². The molecule has 134 valence electrons. The zero-order valence-electron chi connectivity index (χ0n) is 14.2. The first-order chi connectivity index (χ1) is 12.0. The van der Waals surface area contributed by atoms with Gasteiger partial charge in [-0.1, -0.05) is 0 Å². The fraction of sp³-hybridized carbons (Fsp3) is 0.467. The third-order valence-corrected chi connectivity index (χ3v) is 5.98. The minimum Gasteiger partial charge on any atom is -0.307 e. The van der Waals surface area contributed by atoms with Gasteiger partial charge in [0, 0.05) is 51.7 Å². The van der Waals surface area contributed by atoms with Crippen LogP contribution in [0.2, 0.25) is 0 Å². The highest BCUT2D eigenvalue weighted by molar-refractivity contribution is 7.86. The summed E-state index contributed by atoms with van der Waals surface area (Å²) in [5.41, 5.74) is 0.819. The Morgan fingerprint density at radius 1 is 1.24 bits per heavy atom. The van der Waals surface area contributed by atoms with Crippen molar-refractivity contribution in [1.29, 1.82) is 0 Å². The summed E-state index contributed by atoms with van der Waals surface area (Å²) in [7, 11) is -0.314. The van der Waals surface area contributed by atoms with E-state index in [1.165, 1.54) is 8.61 Å². The number of nitrogens with zero attached hydrogens (tertiary/aromatic N) is 6. The molecule has 1 N–H and O–H groups in total. The molecule has 25 heavy (non-hydrogen) atoms. The maximum Gasteiger partial charge on any atom is 0.281 e. The number of aromatic nitrogens is 4. The molecule has 1 unspecified atom stereocenters. The molecule has 0 aliphatic carbocycles. The lowest BCUT2D eigenvalue weighted by molar-refractivity contribution is 0.296. The molecule has 0 amide bonds. The lowest BCUT2D eigenvalue weighted by Crippen LogP contribution is -2.45. The summed E-state index contributed by atoms with van der Waals surface area (Å²) in [6, 6.07) is 1.83. The summed E-state index contributed by atoms with van der Waals surface area (Å²) in [6.45, 7) is 0.953. The third-order valence-electron chi connectivity index (χ3n) is 4.07. The largest absolute Gasteiger partial charge is 0.307 e. The first kappa shape index (κ1) is 17.6. The highest BCUT2D eigenvalue weighted by atomic mass is 32.2. The van der Waals surface area contributed by atoms with Crippen LogP contribution >= 0.6 is 0 Å². The van der Waals surface area contributed by atoms with E-state index in [2.05, 4.69) is 25.3 Å². The quantitative estimate of drug-likeness (QED) is 0.845. The molecule has 0 aromatic carbocycles. The predicted octanol–water partition coefficient (Wildman–Crippen LogP) is 0.996. The van der Waals surface area contributed by atoms with Gasteiger partial charge in [0.1, 0.15) is 0 Å². The van der Waals surface area contributed by atoms with E-state index in [0.717, 1.165) is 18.5 Å². The summed E-state index contributed by atoms with van der Waals surface area (Å²) in [6.07, 6.45) is 8.11. The van der Waals surface area contributed by atoms with E-state index in [0.29, 0.717) is 24.9 Å². The third kappa shape index (κ3) is 4.09. The van der Waals surface area contributed by atoms with Crippen molar-refractivity contribution in [3.63, 3.8) is 0 Å². The van der Waals surface area contributed by atoms with E-state index in [1.807, 2.05) is 6.07 Å². The molecule has 3 rings (SSSR count). The van der Waals surface area contributed by atoms with Crippen molar-refractivity contribution in [2.45, 2.75) is 18.8 Å². The Balaban J connectivity index is 1.76. The van der Waals surface area contributed by atoms with E-state index in [-0.39, 0.29) is 5.92 Å². The van der Waals surface area contributed by atoms with Crippen LogP contribution in [0.3, 0.4) is 0 Å². The molecule has 0 spiro atoms. The van der Waals surface area contributed by atoms with Crippen LogP contribution in [0.15, 0.2) is 30.9 Å². The van der Waals surface area contributed by atoms with Gasteiger partial charge in [0.15, 0.2) is 5.82 Å². The number of piperidine rings is 1. The molecule has 2 aromatic rings. The van der Waals surface area contributed by atoms with Crippen LogP contribution < -0.4 is 5.32 Å². The summed E-state index contributed by atoms with van der Waals surface area (Å²) in [4.78, 5) is 16.8. The first-order valence-corrected chi connectivity index (χ1v) is 9.40. The second-order valence-corrected chi connectivity index (χ2v) is 8.15. The van der Waals surface area contributed by atoms with E-state index < -0.39 is 10.2 Å². The van der Waals surface area contributed by atoms with Crippen molar-refractivity contribution >= 4 is 22.0 Å². The van der Waals surface area contributed by atoms with Crippen molar-refractivity contribution < 1.29 is 8.42 Å². The molecule has 3 heterocycles.